The Bertz CT molecular complexity index is 8330. The Morgan fingerprint density at radius 2 is 0.660 bits per heavy atom. The van der Waals surface area contributed by atoms with Gasteiger partial charge in [-0.3, -0.25) is 36.8 Å². The van der Waals surface area contributed by atoms with Gasteiger partial charge < -0.3 is 21.3 Å². The maximum atomic E-state index is 15.8. The summed E-state index contributed by atoms with van der Waals surface area (Å²) in [4.78, 5) is 77.8. The number of carbonyl (C=O) groups is 4. The van der Waals surface area contributed by atoms with E-state index in [0.717, 1.165) is 52.6 Å². The number of nitrogens with one attached hydrogen (secondary N) is 4. The number of amides is 4. The topological polar surface area (TPSA) is 211 Å². The van der Waals surface area contributed by atoms with Crippen molar-refractivity contribution in [3.05, 3.63) is 442 Å². The molecule has 20 aromatic rings. The molecule has 0 saturated carbocycles. The van der Waals surface area contributed by atoms with E-state index in [-0.39, 0.29) is 50.9 Å². The van der Waals surface area contributed by atoms with E-state index < -0.39 is 111 Å². The molecular formula is C111H77F15N14O4. The van der Waals surface area contributed by atoms with E-state index in [4.69, 9.17) is 0 Å². The van der Waals surface area contributed by atoms with Crippen molar-refractivity contribution in [2.75, 3.05) is 21.3 Å². The zero-order valence-electron chi connectivity index (χ0n) is 76.5. The van der Waals surface area contributed by atoms with E-state index in [2.05, 4.69) is 51.2 Å². The summed E-state index contributed by atoms with van der Waals surface area (Å²) in [7, 11) is 0. The van der Waals surface area contributed by atoms with Gasteiger partial charge in [0.1, 0.15) is 23.3 Å². The first kappa shape index (κ1) is 97.7. The lowest BCUT2D eigenvalue weighted by Gasteiger charge is -2.15. The largest absolute Gasteiger partial charge is 0.417 e. The number of halogens is 15. The second-order valence-corrected chi connectivity index (χ2v) is 33.3. The molecule has 0 aliphatic heterocycles. The normalized spacial score (nSPS) is 11.4. The molecule has 720 valence electrons. The van der Waals surface area contributed by atoms with Gasteiger partial charge in [-0.15, -0.1) is 0 Å². The molecule has 18 nitrogen and oxygen atoms in total. The van der Waals surface area contributed by atoms with Crippen molar-refractivity contribution in [2.45, 2.75) is 60.3 Å². The van der Waals surface area contributed by atoms with Crippen molar-refractivity contribution in [2.24, 2.45) is 0 Å². The zero-order valence-corrected chi connectivity index (χ0v) is 76.5. The lowest BCUT2D eigenvalue weighted by molar-refractivity contribution is -0.138. The summed E-state index contributed by atoms with van der Waals surface area (Å²) in [5, 5.41) is 10.5. The second-order valence-electron chi connectivity index (χ2n) is 33.3. The molecule has 0 radical (unpaired) electrons. The molecule has 0 aliphatic carbocycles. The molecule has 0 saturated heterocycles. The monoisotopic (exact) mass is 1950 g/mol. The highest BCUT2D eigenvalue weighted by atomic mass is 19.4. The number of pyridine rings is 4. The maximum Gasteiger partial charge on any atom is 0.417 e. The lowest BCUT2D eigenvalue weighted by atomic mass is 9.97. The molecule has 33 heteroatoms. The summed E-state index contributed by atoms with van der Waals surface area (Å²) >= 11 is 0. The maximum absolute atomic E-state index is 15.8. The number of carbonyl (C=O) groups excluding carboxylic acids is 4. The predicted octanol–water partition coefficient (Wildman–Crippen LogP) is 28.3. The molecule has 9 heterocycles. The molecule has 0 fully saturated rings. The van der Waals surface area contributed by atoms with Crippen molar-refractivity contribution in [3.8, 4) is 90.3 Å². The summed E-state index contributed by atoms with van der Waals surface area (Å²) in [6.45, 7) is 10.9. The Balaban J connectivity index is 0.000000132. The van der Waals surface area contributed by atoms with Crippen molar-refractivity contribution in [1.82, 2.24) is 47.5 Å². The number of benzene rings is 11. The summed E-state index contributed by atoms with van der Waals surface area (Å²) in [5.74, 6) is -8.35. The van der Waals surface area contributed by atoms with Gasteiger partial charge in [-0.2, -0.15) is 26.3 Å². The van der Waals surface area contributed by atoms with Crippen molar-refractivity contribution in [1.29, 1.82) is 0 Å². The third-order valence-corrected chi connectivity index (χ3v) is 23.6. The minimum Gasteiger partial charge on any atom is -0.322 e. The summed E-state index contributed by atoms with van der Waals surface area (Å²) in [6.07, 6.45) is 2.11. The first-order valence-corrected chi connectivity index (χ1v) is 44.2. The van der Waals surface area contributed by atoms with Crippen LogP contribution in [-0.2, 0) is 12.4 Å². The predicted molar refractivity (Wildman–Crippen MR) is 521 cm³/mol. The van der Waals surface area contributed by atoms with Crippen LogP contribution in [0.5, 0.6) is 0 Å². The number of hydrogen-bond acceptors (Lipinski definition) is 10. The highest BCUT2D eigenvalue weighted by Crippen LogP contribution is 2.43. The molecule has 20 rings (SSSR count). The number of aryl methyl sites for hydroxylation is 6. The van der Waals surface area contributed by atoms with E-state index >= 15 is 4.39 Å². The Kier molecular flexibility index (Phi) is 27.7. The van der Waals surface area contributed by atoms with Gasteiger partial charge in [0.25, 0.3) is 30.1 Å². The Labute approximate surface area is 810 Å². The van der Waals surface area contributed by atoms with E-state index in [0.29, 0.717) is 107 Å². The van der Waals surface area contributed by atoms with Crippen LogP contribution in [0.3, 0.4) is 0 Å². The van der Waals surface area contributed by atoms with Gasteiger partial charge in [-0.1, -0.05) is 150 Å². The van der Waals surface area contributed by atoms with Crippen LogP contribution in [0.4, 0.5) is 88.6 Å². The number of anilines is 4. The average Bonchev–Trinajstić information content (AvgIpc) is 1.58. The number of fused-ring (bicyclic) bond motifs is 4. The quantitative estimate of drug-likeness (QED) is 0.0633. The van der Waals surface area contributed by atoms with Crippen molar-refractivity contribution >= 4 is 68.4 Å². The molecule has 9 aromatic heterocycles. The zero-order chi connectivity index (χ0) is 102. The third kappa shape index (κ3) is 20.5. The molecule has 11 aromatic carbocycles. The van der Waals surface area contributed by atoms with Crippen LogP contribution in [0.2, 0.25) is 0 Å². The highest BCUT2D eigenvalue weighted by molar-refractivity contribution is 6.10. The average molecular weight is 1960 g/mol. The Morgan fingerprint density at radius 1 is 0.312 bits per heavy atom. The SMILES string of the molecule is Cc1ccc(NC(=O)c2c(C)ccc(-c3cccn4c(-c5cccc(F)c5F)ncc34)c2F)cc1.Cc1ccc(NC(=O)c2cc(-c3cccn4c(-c5cccc(F)c5F)nc(C)c34)ccc2C(F)(F)F)cc1.Cc1ccc(NC(=O)c2cc(-c3cccn4c(-c5cccc(F)c5F)ncc34)ccc2C(F)F)cc1.Cc1ccc(NC(=O)c2cc(-c3cccn4c(-c5ncccn5)ncc34)ccc2C(F)(F)F)cc1. The molecule has 144 heavy (non-hydrogen) atoms. The fraction of sp³-hybridized carbons (Fsp3) is 0.0811. The highest BCUT2D eigenvalue weighted by Gasteiger charge is 2.38. The van der Waals surface area contributed by atoms with Crippen LogP contribution in [0, 0.1) is 82.3 Å². The van der Waals surface area contributed by atoms with Gasteiger partial charge in [-0.25, -0.2) is 69.4 Å². The molecule has 0 aliphatic rings. The van der Waals surface area contributed by atoms with Gasteiger partial charge in [0, 0.05) is 98.9 Å². The van der Waals surface area contributed by atoms with Gasteiger partial charge >= 0.3 is 12.4 Å². The van der Waals surface area contributed by atoms with Crippen LogP contribution >= 0.6 is 0 Å². The Morgan fingerprint density at radius 3 is 1.08 bits per heavy atom. The van der Waals surface area contributed by atoms with E-state index in [1.165, 1.54) is 91.3 Å². The Hall–Kier alpha value is -17.9. The first-order valence-electron chi connectivity index (χ1n) is 44.2. The van der Waals surface area contributed by atoms with Gasteiger partial charge in [0.05, 0.1) is 90.9 Å². The number of alkyl halides is 8. The smallest absolute Gasteiger partial charge is 0.322 e. The van der Waals surface area contributed by atoms with Crippen molar-refractivity contribution in [3.63, 3.8) is 0 Å². The molecule has 0 bridgehead atoms. The van der Waals surface area contributed by atoms with Gasteiger partial charge in [0.15, 0.2) is 46.6 Å². The number of nitrogens with zero attached hydrogens (tertiary/aromatic N) is 10. The van der Waals surface area contributed by atoms with Gasteiger partial charge in [0.2, 0.25) is 0 Å². The number of hydrogen-bond donors (Lipinski definition) is 4. The minimum atomic E-state index is -4.76. The second kappa shape index (κ2) is 40.9. The van der Waals surface area contributed by atoms with E-state index in [1.807, 2.05) is 39.8 Å². The minimum absolute atomic E-state index is 0.00954. The van der Waals surface area contributed by atoms with Crippen LogP contribution in [0.15, 0.2) is 329 Å². The molecule has 4 amide bonds. The van der Waals surface area contributed by atoms with Gasteiger partial charge in [-0.05, 0) is 209 Å². The fourth-order valence-corrected chi connectivity index (χ4v) is 16.4. The summed E-state index contributed by atoms with van der Waals surface area (Å²) in [5.41, 5.74) is 8.57. The van der Waals surface area contributed by atoms with E-state index in [1.54, 1.807) is 226 Å². The van der Waals surface area contributed by atoms with Crippen LogP contribution in [0.1, 0.15) is 98.1 Å². The molecule has 4 N–H and O–H groups in total. The van der Waals surface area contributed by atoms with Crippen LogP contribution in [-0.4, -0.2) is 71.1 Å². The molecular weight excluding hydrogens is 1880 g/mol. The van der Waals surface area contributed by atoms with E-state index in [9.17, 15) is 80.6 Å². The first-order chi connectivity index (χ1) is 69.0. The molecule has 0 unspecified atom stereocenters. The van der Waals surface area contributed by atoms with Crippen LogP contribution in [0.25, 0.3) is 112 Å². The molecule has 0 spiro atoms. The molecule has 0 atom stereocenters. The number of imidazole rings is 4. The van der Waals surface area contributed by atoms with Crippen LogP contribution < -0.4 is 21.3 Å². The third-order valence-electron chi connectivity index (χ3n) is 23.6. The number of aromatic nitrogens is 10. The van der Waals surface area contributed by atoms with Crippen molar-refractivity contribution < 1.29 is 85.0 Å². The summed E-state index contributed by atoms with van der Waals surface area (Å²) < 4.78 is 218. The number of rotatable bonds is 17. The standard InChI is InChI=1S/C29H20F5N3O.C28H19F4N3O.C28H20F3N3O.C26H18F3N5O/c1-16-8-11-19(12-9-16)36-28(38)22-15-18(10-13-23(22)29(32,33)34)20-6-4-14-37-26(20)17(2)35-27(37)21-5-3-7-24(30)25(21)31;1-16-7-10-18(11-8-16)34-28(36)22-14-17(9-12-20(22)26(31)32)19-5-3-13-35-24(19)15-33-27(35)21-4-2-6-23(29)25(21)30;1-16-8-11-18(12-9-16)33-28(35)24-17(2)10-13-20(26(24)31)19-6-4-14-34-23(19)15-32-27(34)21-5-3-7-22(29)25(21)30;1-16-5-8-18(9-6-16)33-25(35)20-14-17(7-10-21(20)26(27,28)29)19-4-2-13-34-22(19)15-32-24(34)23-30-11-3-12-31-23/h3-15H,1-2H3,(H,36,38);2-15,26H,1H3,(H,34,36);3-15H,1-2H3,(H,33,35);2-15H,1H3,(H,33,35). The lowest BCUT2D eigenvalue weighted by Crippen LogP contribution is -2.19. The fourth-order valence-electron chi connectivity index (χ4n) is 16.4. The summed E-state index contributed by atoms with van der Waals surface area (Å²) in [6, 6.07) is 68.7.